The molecule has 1 fully saturated rings. The topological polar surface area (TPSA) is 38.8 Å². The van der Waals surface area contributed by atoms with E-state index in [0.717, 1.165) is 18.4 Å². The fraction of sp³-hybridized carbons (Fsp3) is 0.350. The highest BCUT2D eigenvalue weighted by atomic mass is 19.1. The van der Waals surface area contributed by atoms with Crippen molar-refractivity contribution in [3.63, 3.8) is 0 Å². The largest absolute Gasteiger partial charge is 0.493 e. The molecule has 0 atom stereocenters. The highest BCUT2D eigenvalue weighted by molar-refractivity contribution is 5.95. The summed E-state index contributed by atoms with van der Waals surface area (Å²) in [4.78, 5) is 14.8. The molecule has 0 radical (unpaired) electrons. The summed E-state index contributed by atoms with van der Waals surface area (Å²) in [5, 5.41) is 0. The van der Waals surface area contributed by atoms with E-state index in [2.05, 4.69) is 0 Å². The number of carbonyl (C=O) groups is 1. The number of ether oxygens (including phenoxy) is 2. The average molecular weight is 343 g/mol. The van der Waals surface area contributed by atoms with Gasteiger partial charge in [-0.1, -0.05) is 12.1 Å². The molecule has 4 nitrogen and oxygen atoms in total. The molecule has 2 aromatic carbocycles. The zero-order valence-electron chi connectivity index (χ0n) is 14.5. The number of hydrogen-bond donors (Lipinski definition) is 0. The van der Waals surface area contributed by atoms with Crippen molar-refractivity contribution >= 4 is 5.91 Å². The fourth-order valence-corrected chi connectivity index (χ4v) is 2.78. The lowest BCUT2D eigenvalue weighted by Crippen LogP contribution is -2.32. The molecule has 0 aromatic heterocycles. The molecule has 5 heteroatoms. The normalized spacial score (nSPS) is 13.4. The van der Waals surface area contributed by atoms with Gasteiger partial charge < -0.3 is 14.4 Å². The minimum absolute atomic E-state index is 0.0480. The van der Waals surface area contributed by atoms with E-state index in [9.17, 15) is 9.18 Å². The van der Waals surface area contributed by atoms with E-state index in [1.807, 2.05) is 11.8 Å². The van der Waals surface area contributed by atoms with Gasteiger partial charge in [0.25, 0.3) is 5.91 Å². The second-order valence-electron chi connectivity index (χ2n) is 6.09. The highest BCUT2D eigenvalue weighted by Crippen LogP contribution is 2.32. The first kappa shape index (κ1) is 17.3. The van der Waals surface area contributed by atoms with E-state index in [4.69, 9.17) is 9.47 Å². The molecule has 1 saturated carbocycles. The van der Waals surface area contributed by atoms with E-state index in [0.29, 0.717) is 30.2 Å². The second kappa shape index (κ2) is 7.55. The Labute approximate surface area is 147 Å². The molecule has 0 unspecified atom stereocenters. The van der Waals surface area contributed by atoms with Gasteiger partial charge in [0, 0.05) is 18.2 Å². The molecule has 2 aromatic rings. The van der Waals surface area contributed by atoms with Crippen LogP contribution in [0.2, 0.25) is 0 Å². The minimum Gasteiger partial charge on any atom is -0.493 e. The van der Waals surface area contributed by atoms with Crippen LogP contribution in [-0.4, -0.2) is 30.6 Å². The van der Waals surface area contributed by atoms with Crippen molar-refractivity contribution in [3.05, 3.63) is 59.4 Å². The van der Waals surface area contributed by atoms with Gasteiger partial charge in [0.15, 0.2) is 11.5 Å². The Balaban J connectivity index is 1.82. The third-order valence-electron chi connectivity index (χ3n) is 4.23. The number of hydrogen-bond acceptors (Lipinski definition) is 3. The summed E-state index contributed by atoms with van der Waals surface area (Å²) >= 11 is 0. The number of halogens is 1. The maximum atomic E-state index is 13.1. The van der Waals surface area contributed by atoms with Gasteiger partial charge in [-0.25, -0.2) is 4.39 Å². The molecular weight excluding hydrogens is 321 g/mol. The smallest absolute Gasteiger partial charge is 0.254 e. The van der Waals surface area contributed by atoms with Gasteiger partial charge in [0.05, 0.1) is 13.7 Å². The van der Waals surface area contributed by atoms with Crippen molar-refractivity contribution in [3.8, 4) is 11.5 Å². The Morgan fingerprint density at radius 2 is 1.88 bits per heavy atom. The Hall–Kier alpha value is -2.56. The second-order valence-corrected chi connectivity index (χ2v) is 6.09. The zero-order chi connectivity index (χ0) is 17.8. The van der Waals surface area contributed by atoms with Crippen molar-refractivity contribution in [2.75, 3.05) is 13.7 Å². The van der Waals surface area contributed by atoms with E-state index >= 15 is 0 Å². The molecular formula is C20H22FNO3. The van der Waals surface area contributed by atoms with E-state index < -0.39 is 0 Å². The lowest BCUT2D eigenvalue weighted by Gasteiger charge is -2.23. The van der Waals surface area contributed by atoms with E-state index in [1.165, 1.54) is 12.1 Å². The van der Waals surface area contributed by atoms with Gasteiger partial charge >= 0.3 is 0 Å². The maximum absolute atomic E-state index is 13.1. The Kier molecular flexibility index (Phi) is 5.22. The molecule has 0 saturated heterocycles. The number of rotatable bonds is 7. The molecule has 25 heavy (non-hydrogen) atoms. The number of benzene rings is 2. The zero-order valence-corrected chi connectivity index (χ0v) is 14.5. The Morgan fingerprint density at radius 1 is 1.16 bits per heavy atom. The summed E-state index contributed by atoms with van der Waals surface area (Å²) in [6, 6.07) is 11.8. The standard InChI is InChI=1S/C20H22FNO3/c1-3-25-18-11-6-15(12-19(18)24-2)20(23)22(17-9-10-17)13-14-4-7-16(21)8-5-14/h4-8,11-12,17H,3,9-10,13H2,1-2H3. The Morgan fingerprint density at radius 3 is 2.48 bits per heavy atom. The van der Waals surface area contributed by atoms with Crippen LogP contribution >= 0.6 is 0 Å². The van der Waals surface area contributed by atoms with E-state index in [1.54, 1.807) is 37.4 Å². The number of nitrogens with zero attached hydrogens (tertiary/aromatic N) is 1. The lowest BCUT2D eigenvalue weighted by atomic mass is 10.1. The predicted octanol–water partition coefficient (Wildman–Crippen LogP) is 4.04. The highest BCUT2D eigenvalue weighted by Gasteiger charge is 2.33. The van der Waals surface area contributed by atoms with Crippen LogP contribution in [-0.2, 0) is 6.54 Å². The lowest BCUT2D eigenvalue weighted by molar-refractivity contribution is 0.0729. The molecule has 0 bridgehead atoms. The van der Waals surface area contributed by atoms with Gasteiger partial charge in [-0.05, 0) is 55.7 Å². The third kappa shape index (κ3) is 4.10. The molecule has 132 valence electrons. The van der Waals surface area contributed by atoms with Crippen molar-refractivity contribution in [2.45, 2.75) is 32.4 Å². The number of methoxy groups -OCH3 is 1. The molecule has 1 amide bonds. The van der Waals surface area contributed by atoms with Crippen molar-refractivity contribution in [1.82, 2.24) is 4.90 Å². The molecule has 3 rings (SSSR count). The quantitative estimate of drug-likeness (QED) is 0.762. The third-order valence-corrected chi connectivity index (χ3v) is 4.23. The summed E-state index contributed by atoms with van der Waals surface area (Å²) < 4.78 is 23.9. The van der Waals surface area contributed by atoms with Crippen molar-refractivity contribution in [1.29, 1.82) is 0 Å². The van der Waals surface area contributed by atoms with Crippen LogP contribution in [0.1, 0.15) is 35.7 Å². The maximum Gasteiger partial charge on any atom is 0.254 e. The predicted molar refractivity (Wildman–Crippen MR) is 93.5 cm³/mol. The summed E-state index contributed by atoms with van der Waals surface area (Å²) in [5.41, 5.74) is 1.48. The van der Waals surface area contributed by atoms with Crippen LogP contribution in [0.4, 0.5) is 4.39 Å². The molecule has 0 N–H and O–H groups in total. The van der Waals surface area contributed by atoms with Crippen molar-refractivity contribution in [2.24, 2.45) is 0 Å². The van der Waals surface area contributed by atoms with Crippen molar-refractivity contribution < 1.29 is 18.7 Å². The Bertz CT molecular complexity index is 741. The molecule has 1 aliphatic carbocycles. The summed E-state index contributed by atoms with van der Waals surface area (Å²) in [6.45, 7) is 2.90. The molecule has 0 heterocycles. The molecule has 1 aliphatic rings. The SMILES string of the molecule is CCOc1ccc(C(=O)N(Cc2ccc(F)cc2)C2CC2)cc1OC. The van der Waals surface area contributed by atoms with Crippen LogP contribution < -0.4 is 9.47 Å². The number of carbonyl (C=O) groups excluding carboxylic acids is 1. The first-order valence-electron chi connectivity index (χ1n) is 8.48. The monoisotopic (exact) mass is 343 g/mol. The van der Waals surface area contributed by atoms with Crippen LogP contribution in [0.3, 0.4) is 0 Å². The van der Waals surface area contributed by atoms with Crippen LogP contribution in [0.25, 0.3) is 0 Å². The van der Waals surface area contributed by atoms with Gasteiger partial charge in [-0.3, -0.25) is 4.79 Å². The van der Waals surface area contributed by atoms with Crippen LogP contribution in [0.5, 0.6) is 11.5 Å². The van der Waals surface area contributed by atoms with E-state index in [-0.39, 0.29) is 17.8 Å². The summed E-state index contributed by atoms with van der Waals surface area (Å²) in [7, 11) is 1.56. The van der Waals surface area contributed by atoms with Gasteiger partial charge in [-0.15, -0.1) is 0 Å². The summed E-state index contributed by atoms with van der Waals surface area (Å²) in [6.07, 6.45) is 2.00. The van der Waals surface area contributed by atoms with Crippen LogP contribution in [0.15, 0.2) is 42.5 Å². The first-order valence-corrected chi connectivity index (χ1v) is 8.48. The van der Waals surface area contributed by atoms with Gasteiger partial charge in [0.2, 0.25) is 0 Å². The number of amides is 1. The average Bonchev–Trinajstić information content (AvgIpc) is 3.46. The fourth-order valence-electron chi connectivity index (χ4n) is 2.78. The molecule has 0 aliphatic heterocycles. The first-order chi connectivity index (χ1) is 12.1. The molecule has 0 spiro atoms. The minimum atomic E-state index is -0.274. The van der Waals surface area contributed by atoms with Gasteiger partial charge in [0.1, 0.15) is 5.82 Å². The van der Waals surface area contributed by atoms with Crippen LogP contribution in [0, 0.1) is 5.82 Å². The summed E-state index contributed by atoms with van der Waals surface area (Å²) in [5.74, 6) is 0.848. The van der Waals surface area contributed by atoms with Gasteiger partial charge in [-0.2, -0.15) is 0 Å².